The predicted molar refractivity (Wildman–Crippen MR) is 142 cm³/mol. The molecule has 0 unspecified atom stereocenters. The van der Waals surface area contributed by atoms with E-state index >= 15 is 0 Å². The molecule has 17 nitrogen and oxygen atoms in total. The summed E-state index contributed by atoms with van der Waals surface area (Å²) in [4.78, 5) is 13.6. The molecule has 17 heteroatoms. The highest BCUT2D eigenvalue weighted by molar-refractivity contribution is 5.88. The second kappa shape index (κ2) is 12.3. The molecule has 1 aromatic heterocycles. The number of ether oxygens (including phenoxy) is 4. The summed E-state index contributed by atoms with van der Waals surface area (Å²) < 4.78 is 27.8. The zero-order valence-corrected chi connectivity index (χ0v) is 22.4. The molecular weight excluding hydrogens is 596 g/mol. The first kappa shape index (κ1) is 31.7. The van der Waals surface area contributed by atoms with Crippen LogP contribution in [0.2, 0.25) is 0 Å². The van der Waals surface area contributed by atoms with Crippen LogP contribution in [0.5, 0.6) is 28.7 Å². The van der Waals surface area contributed by atoms with Crippen LogP contribution in [-0.2, 0) is 14.2 Å². The lowest BCUT2D eigenvalue weighted by molar-refractivity contribution is -0.352. The minimum Gasteiger partial charge on any atom is -0.508 e. The molecule has 44 heavy (non-hydrogen) atoms. The second-order valence-electron chi connectivity index (χ2n) is 10.3. The van der Waals surface area contributed by atoms with Crippen LogP contribution in [0.25, 0.3) is 22.3 Å². The minimum atomic E-state index is -2.04. The molecule has 0 amide bonds. The van der Waals surface area contributed by atoms with E-state index in [4.69, 9.17) is 23.4 Å². The Bertz CT molecular complexity index is 1550. The molecule has 5 rings (SSSR count). The number of aliphatic hydroxyl groups excluding tert-OH is 7. The molecule has 240 valence electrons. The third-order valence-corrected chi connectivity index (χ3v) is 7.35. The largest absolute Gasteiger partial charge is 0.508 e. The van der Waals surface area contributed by atoms with E-state index in [-0.39, 0.29) is 11.1 Å². The van der Waals surface area contributed by atoms with E-state index in [9.17, 15) is 61.0 Å². The zero-order valence-electron chi connectivity index (χ0n) is 22.4. The van der Waals surface area contributed by atoms with Crippen LogP contribution < -0.4 is 10.2 Å². The summed E-state index contributed by atoms with van der Waals surface area (Å²) in [5.41, 5.74) is -1.41. The molecule has 0 aliphatic carbocycles. The van der Waals surface area contributed by atoms with E-state index in [1.54, 1.807) is 0 Å². The number of hydrogen-bond acceptors (Lipinski definition) is 17. The molecule has 3 heterocycles. The lowest BCUT2D eigenvalue weighted by Crippen LogP contribution is -2.65. The summed E-state index contributed by atoms with van der Waals surface area (Å²) >= 11 is 0. The second-order valence-corrected chi connectivity index (χ2v) is 10.3. The van der Waals surface area contributed by atoms with Crippen molar-refractivity contribution in [1.82, 2.24) is 0 Å². The van der Waals surface area contributed by atoms with E-state index in [0.717, 1.165) is 24.3 Å². The van der Waals surface area contributed by atoms with Gasteiger partial charge in [-0.15, -0.1) is 0 Å². The van der Waals surface area contributed by atoms with Crippen molar-refractivity contribution in [2.45, 2.75) is 61.4 Å². The summed E-state index contributed by atoms with van der Waals surface area (Å²) in [6.07, 6.45) is -17.7. The van der Waals surface area contributed by atoms with Gasteiger partial charge in [0.25, 0.3) is 0 Å². The van der Waals surface area contributed by atoms with Crippen molar-refractivity contribution in [1.29, 1.82) is 0 Å². The standard InChI is InChI=1S/C27H30O17/c28-6-14-17(34)19(36)21(38)26(41-14)43-24-15(7-29)42-27(22(39)20(24)37)44-25-18(35)16-12(33)4-9(30)5-13(16)40-23(25)8-1-2-10(31)11(32)3-8/h1-5,14-15,17,19-22,24,26-34,36-39H,6-7H2/t14-,15+,17-,19-,20+,21-,22+,24-,26+,27+/m0/s1. The average Bonchev–Trinajstić information content (AvgIpc) is 2.98. The first-order valence-corrected chi connectivity index (χ1v) is 13.2. The molecule has 2 aromatic carbocycles. The maximum atomic E-state index is 13.6. The number of phenols is 4. The molecule has 11 N–H and O–H groups in total. The first-order chi connectivity index (χ1) is 20.9. The predicted octanol–water partition coefficient (Wildman–Crippen LogP) is -2.71. The van der Waals surface area contributed by atoms with Crippen LogP contribution in [-0.4, -0.2) is 131 Å². The van der Waals surface area contributed by atoms with E-state index in [0.29, 0.717) is 0 Å². The van der Waals surface area contributed by atoms with Crippen molar-refractivity contribution in [2.24, 2.45) is 0 Å². The maximum Gasteiger partial charge on any atom is 0.239 e. The fourth-order valence-corrected chi connectivity index (χ4v) is 5.00. The van der Waals surface area contributed by atoms with Gasteiger partial charge in [-0.1, -0.05) is 0 Å². The van der Waals surface area contributed by atoms with Gasteiger partial charge < -0.3 is 79.5 Å². The van der Waals surface area contributed by atoms with Crippen molar-refractivity contribution in [3.8, 4) is 40.1 Å². The highest BCUT2D eigenvalue weighted by atomic mass is 16.7. The van der Waals surface area contributed by atoms with E-state index in [1.165, 1.54) is 6.07 Å². The van der Waals surface area contributed by atoms with Gasteiger partial charge in [0.05, 0.1) is 13.2 Å². The number of hydrogen-bond donors (Lipinski definition) is 11. The minimum absolute atomic E-state index is 0.0504. The van der Waals surface area contributed by atoms with Gasteiger partial charge >= 0.3 is 0 Å². The first-order valence-electron chi connectivity index (χ1n) is 13.2. The Balaban J connectivity index is 1.49. The number of benzene rings is 2. The van der Waals surface area contributed by atoms with Gasteiger partial charge in [0.15, 0.2) is 23.5 Å². The SMILES string of the molecule is O=c1c(O[C@H]2O[C@H](CO)[C@H](O[C@H]3O[C@@H](CO)[C@H](O)[C@H](O)[C@@H]3O)[C@H](O)[C@H]2O)c(-c2ccc(O)c(O)c2)oc2cc(O)cc(O)c12. The quantitative estimate of drug-likeness (QED) is 0.119. The molecule has 2 aliphatic rings. The Labute approximate surface area is 246 Å². The highest BCUT2D eigenvalue weighted by Crippen LogP contribution is 2.39. The van der Waals surface area contributed by atoms with Crippen molar-refractivity contribution < 1.29 is 79.5 Å². The molecule has 2 fully saturated rings. The van der Waals surface area contributed by atoms with Crippen LogP contribution in [0.4, 0.5) is 0 Å². The molecular formula is C27H30O17. The number of aromatic hydroxyl groups is 4. The Morgan fingerprint density at radius 2 is 1.36 bits per heavy atom. The smallest absolute Gasteiger partial charge is 0.239 e. The van der Waals surface area contributed by atoms with Crippen molar-refractivity contribution in [2.75, 3.05) is 13.2 Å². The van der Waals surface area contributed by atoms with Gasteiger partial charge in [0.2, 0.25) is 17.5 Å². The lowest BCUT2D eigenvalue weighted by Gasteiger charge is -2.45. The molecule has 0 spiro atoms. The Morgan fingerprint density at radius 3 is 2.02 bits per heavy atom. The van der Waals surface area contributed by atoms with Gasteiger partial charge in [0, 0.05) is 17.7 Å². The molecule has 0 radical (unpaired) electrons. The average molecular weight is 627 g/mol. The van der Waals surface area contributed by atoms with Gasteiger partial charge in [-0.25, -0.2) is 0 Å². The van der Waals surface area contributed by atoms with E-state index in [2.05, 4.69) is 0 Å². The molecule has 10 atom stereocenters. The van der Waals surface area contributed by atoms with Crippen LogP contribution in [0, 0.1) is 0 Å². The summed E-state index contributed by atoms with van der Waals surface area (Å²) in [5.74, 6) is -3.44. The van der Waals surface area contributed by atoms with Gasteiger partial charge in [0.1, 0.15) is 71.3 Å². The molecule has 0 bridgehead atoms. The van der Waals surface area contributed by atoms with Crippen LogP contribution in [0.15, 0.2) is 39.5 Å². The van der Waals surface area contributed by atoms with Crippen molar-refractivity contribution in [3.63, 3.8) is 0 Å². The number of fused-ring (bicyclic) bond motifs is 1. The van der Waals surface area contributed by atoms with Crippen molar-refractivity contribution in [3.05, 3.63) is 40.6 Å². The van der Waals surface area contributed by atoms with Gasteiger partial charge in [-0.2, -0.15) is 0 Å². The molecule has 3 aromatic rings. The fraction of sp³-hybridized carbons (Fsp3) is 0.444. The third kappa shape index (κ3) is 5.61. The number of rotatable bonds is 7. The summed E-state index contributed by atoms with van der Waals surface area (Å²) in [6.45, 7) is -1.67. The van der Waals surface area contributed by atoms with E-state index < -0.39 is 120 Å². The van der Waals surface area contributed by atoms with Crippen LogP contribution >= 0.6 is 0 Å². The summed E-state index contributed by atoms with van der Waals surface area (Å²) in [5, 5.41) is 111. The Morgan fingerprint density at radius 1 is 0.705 bits per heavy atom. The van der Waals surface area contributed by atoms with Gasteiger partial charge in [-0.3, -0.25) is 4.79 Å². The Hall–Kier alpha value is -3.75. The molecule has 2 aliphatic heterocycles. The normalized spacial score (nSPS) is 32.5. The molecule has 2 saturated heterocycles. The number of aliphatic hydroxyl groups is 7. The summed E-state index contributed by atoms with van der Waals surface area (Å²) in [7, 11) is 0. The zero-order chi connectivity index (χ0) is 32.0. The summed E-state index contributed by atoms with van der Waals surface area (Å²) in [6, 6.07) is 5.17. The third-order valence-electron chi connectivity index (χ3n) is 7.35. The topological polar surface area (TPSA) is 290 Å². The molecule has 0 saturated carbocycles. The Kier molecular flexibility index (Phi) is 8.87. The monoisotopic (exact) mass is 626 g/mol. The van der Waals surface area contributed by atoms with E-state index in [1.807, 2.05) is 0 Å². The number of phenolic OH excluding ortho intramolecular Hbond substituents is 4. The highest BCUT2D eigenvalue weighted by Gasteiger charge is 2.51. The van der Waals surface area contributed by atoms with Crippen LogP contribution in [0.3, 0.4) is 0 Å². The van der Waals surface area contributed by atoms with Crippen molar-refractivity contribution >= 4 is 11.0 Å². The maximum absolute atomic E-state index is 13.6. The van der Waals surface area contributed by atoms with Gasteiger partial charge in [-0.05, 0) is 18.2 Å². The van der Waals surface area contributed by atoms with Crippen LogP contribution in [0.1, 0.15) is 0 Å². The lowest BCUT2D eigenvalue weighted by atomic mass is 9.97. The fourth-order valence-electron chi connectivity index (χ4n) is 5.00.